The van der Waals surface area contributed by atoms with Gasteiger partial charge >= 0.3 is 0 Å². The van der Waals surface area contributed by atoms with Crippen molar-refractivity contribution in [3.05, 3.63) is 193 Å². The van der Waals surface area contributed by atoms with Crippen molar-refractivity contribution in [1.29, 1.82) is 5.26 Å². The quantitative estimate of drug-likeness (QED) is 0.180. The molecule has 0 amide bonds. The summed E-state index contributed by atoms with van der Waals surface area (Å²) >= 11 is 0. The Morgan fingerprint density at radius 1 is 0.462 bits per heavy atom. The number of hydrogen-bond donors (Lipinski definition) is 0. The lowest BCUT2D eigenvalue weighted by Gasteiger charge is -2.16. The van der Waals surface area contributed by atoms with E-state index < -0.39 is 0 Å². The number of nitriles is 1. The van der Waals surface area contributed by atoms with Crippen molar-refractivity contribution < 1.29 is 0 Å². The van der Waals surface area contributed by atoms with Crippen LogP contribution in [0.15, 0.2) is 188 Å². The zero-order valence-electron chi connectivity index (χ0n) is 28.4. The number of rotatable bonds is 5. The predicted molar refractivity (Wildman–Crippen MR) is 216 cm³/mol. The van der Waals surface area contributed by atoms with Gasteiger partial charge in [-0.1, -0.05) is 115 Å². The van der Waals surface area contributed by atoms with Crippen LogP contribution < -0.4 is 0 Å². The van der Waals surface area contributed by atoms with Crippen molar-refractivity contribution in [2.45, 2.75) is 12.3 Å². The molecule has 2 heterocycles. The van der Waals surface area contributed by atoms with E-state index in [1.807, 2.05) is 12.2 Å². The maximum absolute atomic E-state index is 9.21. The summed E-state index contributed by atoms with van der Waals surface area (Å²) in [5, 5.41) is 14.2. The second-order valence-corrected chi connectivity index (χ2v) is 13.6. The lowest BCUT2D eigenvalue weighted by Crippen LogP contribution is -1.99. The van der Waals surface area contributed by atoms with E-state index in [0.717, 1.165) is 17.7 Å². The molecule has 3 nitrogen and oxygen atoms in total. The van der Waals surface area contributed by atoms with E-state index in [1.54, 1.807) is 0 Å². The minimum absolute atomic E-state index is 0.294. The third-order valence-electron chi connectivity index (χ3n) is 10.7. The van der Waals surface area contributed by atoms with Crippen molar-refractivity contribution in [2.24, 2.45) is 0 Å². The van der Waals surface area contributed by atoms with Gasteiger partial charge in [0.2, 0.25) is 0 Å². The van der Waals surface area contributed by atoms with E-state index in [4.69, 9.17) is 0 Å². The van der Waals surface area contributed by atoms with Gasteiger partial charge < -0.3 is 9.13 Å². The van der Waals surface area contributed by atoms with Gasteiger partial charge in [-0.2, -0.15) is 5.26 Å². The summed E-state index contributed by atoms with van der Waals surface area (Å²) in [5.41, 5.74) is 14.0. The van der Waals surface area contributed by atoms with Crippen molar-refractivity contribution in [3.8, 4) is 39.7 Å². The fourth-order valence-corrected chi connectivity index (χ4v) is 8.11. The highest BCUT2D eigenvalue weighted by molar-refractivity contribution is 6.11. The molecule has 1 unspecified atom stereocenters. The number of benzene rings is 7. The maximum Gasteiger partial charge on any atom is 0.0988 e. The topological polar surface area (TPSA) is 33.6 Å². The second-order valence-electron chi connectivity index (χ2n) is 13.6. The highest BCUT2D eigenvalue weighted by Gasteiger charge is 2.16. The highest BCUT2D eigenvalue weighted by Crippen LogP contribution is 2.38. The molecule has 10 rings (SSSR count). The molecule has 2 aromatic heterocycles. The fourth-order valence-electron chi connectivity index (χ4n) is 8.11. The molecule has 0 aliphatic heterocycles. The molecule has 0 saturated heterocycles. The van der Waals surface area contributed by atoms with Gasteiger partial charge in [-0.25, -0.2) is 0 Å². The Balaban J connectivity index is 0.993. The van der Waals surface area contributed by atoms with E-state index in [1.165, 1.54) is 77.1 Å². The molecule has 7 aromatic carbocycles. The zero-order chi connectivity index (χ0) is 34.6. The highest BCUT2D eigenvalue weighted by atomic mass is 15.0. The van der Waals surface area contributed by atoms with Crippen molar-refractivity contribution >= 4 is 43.6 Å². The van der Waals surface area contributed by atoms with Gasteiger partial charge in [-0.05, 0) is 101 Å². The number of allylic oxidation sites excluding steroid dienone is 4. The SMILES string of the molecule is N#CC1=CCC(c2ccc(-n3c4ccccc4c4cc(-c5ccc(-c6ccc7c(c6)c6ccccc6n7-c6ccccc6)cc5)ccc43)cc2)C=C1. The maximum atomic E-state index is 9.21. The molecule has 0 N–H and O–H groups in total. The van der Waals surface area contributed by atoms with Crippen molar-refractivity contribution in [3.63, 3.8) is 0 Å². The summed E-state index contributed by atoms with van der Waals surface area (Å²) in [6.07, 6.45) is 6.97. The van der Waals surface area contributed by atoms with Crippen LogP contribution in [0.25, 0.3) is 77.2 Å². The lowest BCUT2D eigenvalue weighted by molar-refractivity contribution is 0.848. The van der Waals surface area contributed by atoms with Crippen LogP contribution in [0.1, 0.15) is 17.9 Å². The van der Waals surface area contributed by atoms with Crippen LogP contribution in [-0.2, 0) is 0 Å². The molecular weight excluding hydrogens is 631 g/mol. The number of para-hydroxylation sites is 3. The monoisotopic (exact) mass is 663 g/mol. The first-order chi connectivity index (χ1) is 25.7. The van der Waals surface area contributed by atoms with E-state index in [-0.39, 0.29) is 0 Å². The zero-order valence-corrected chi connectivity index (χ0v) is 28.4. The van der Waals surface area contributed by atoms with Crippen LogP contribution in [-0.4, -0.2) is 9.13 Å². The predicted octanol–water partition coefficient (Wildman–Crippen LogP) is 12.7. The fraction of sp³-hybridized carbons (Fsp3) is 0.0408. The molecule has 1 aliphatic rings. The molecule has 1 aliphatic carbocycles. The largest absolute Gasteiger partial charge is 0.309 e. The first-order valence-electron chi connectivity index (χ1n) is 17.8. The molecule has 0 fully saturated rings. The number of hydrogen-bond acceptors (Lipinski definition) is 1. The summed E-state index contributed by atoms with van der Waals surface area (Å²) < 4.78 is 4.73. The van der Waals surface area contributed by atoms with Crippen LogP contribution in [0.3, 0.4) is 0 Å². The molecule has 0 spiro atoms. The standard InChI is InChI=1S/C49H33N3/c50-32-33-14-16-34(17-15-33)35-22-26-41(27-23-35)52-47-13-7-5-11-43(47)45-31-39(25-29-49(45)52)37-20-18-36(19-21-37)38-24-28-48-44(30-38)42-10-4-6-12-46(42)51(48)40-8-2-1-3-9-40/h1-16,18-31,34H,17H2. The average Bonchev–Trinajstić information content (AvgIpc) is 3.73. The Morgan fingerprint density at radius 3 is 1.46 bits per heavy atom. The van der Waals surface area contributed by atoms with E-state index in [2.05, 4.69) is 185 Å². The normalized spacial score (nSPS) is 14.3. The van der Waals surface area contributed by atoms with Crippen LogP contribution in [0.2, 0.25) is 0 Å². The van der Waals surface area contributed by atoms with Gasteiger partial charge in [0.25, 0.3) is 0 Å². The summed E-state index contributed by atoms with van der Waals surface area (Å²) in [4.78, 5) is 0. The van der Waals surface area contributed by atoms with Crippen LogP contribution >= 0.6 is 0 Å². The number of fused-ring (bicyclic) bond motifs is 6. The molecule has 0 saturated carbocycles. The van der Waals surface area contributed by atoms with E-state index in [0.29, 0.717) is 5.92 Å². The van der Waals surface area contributed by atoms with E-state index in [9.17, 15) is 5.26 Å². The van der Waals surface area contributed by atoms with Gasteiger partial charge in [-0.3, -0.25) is 0 Å². The Morgan fingerprint density at radius 2 is 0.942 bits per heavy atom. The molecule has 52 heavy (non-hydrogen) atoms. The smallest absolute Gasteiger partial charge is 0.0988 e. The van der Waals surface area contributed by atoms with Crippen LogP contribution in [0.5, 0.6) is 0 Å². The lowest BCUT2D eigenvalue weighted by atomic mass is 9.90. The Kier molecular flexibility index (Phi) is 7.01. The summed E-state index contributed by atoms with van der Waals surface area (Å²) in [5.74, 6) is 0.294. The Labute approximate surface area is 302 Å². The van der Waals surface area contributed by atoms with Gasteiger partial charge in [0.1, 0.15) is 0 Å². The molecule has 1 atom stereocenters. The van der Waals surface area contributed by atoms with Gasteiger partial charge in [0, 0.05) is 44.4 Å². The van der Waals surface area contributed by atoms with Crippen LogP contribution in [0, 0.1) is 11.3 Å². The minimum Gasteiger partial charge on any atom is -0.309 e. The van der Waals surface area contributed by atoms with Gasteiger partial charge in [0.05, 0.1) is 28.1 Å². The molecule has 0 radical (unpaired) electrons. The van der Waals surface area contributed by atoms with Gasteiger partial charge in [0.15, 0.2) is 0 Å². The molecule has 3 heteroatoms. The third kappa shape index (κ3) is 4.88. The average molecular weight is 664 g/mol. The summed E-state index contributed by atoms with van der Waals surface area (Å²) in [7, 11) is 0. The first kappa shape index (κ1) is 30.0. The minimum atomic E-state index is 0.294. The third-order valence-corrected chi connectivity index (χ3v) is 10.7. The molecule has 0 bridgehead atoms. The first-order valence-corrected chi connectivity index (χ1v) is 17.8. The van der Waals surface area contributed by atoms with Crippen LogP contribution in [0.4, 0.5) is 0 Å². The Bertz CT molecular complexity index is 2910. The molecule has 9 aromatic rings. The summed E-state index contributed by atoms with van der Waals surface area (Å²) in [6.45, 7) is 0. The summed E-state index contributed by atoms with van der Waals surface area (Å²) in [6, 6.07) is 61.8. The van der Waals surface area contributed by atoms with Gasteiger partial charge in [-0.15, -0.1) is 0 Å². The second kappa shape index (κ2) is 12.2. The molecule has 244 valence electrons. The number of aromatic nitrogens is 2. The van der Waals surface area contributed by atoms with Crippen molar-refractivity contribution in [1.82, 2.24) is 9.13 Å². The number of nitrogens with zero attached hydrogens (tertiary/aromatic N) is 3. The Hall–Kier alpha value is -6.89. The molecular formula is C49H33N3. The van der Waals surface area contributed by atoms with E-state index >= 15 is 0 Å². The van der Waals surface area contributed by atoms with Crippen molar-refractivity contribution in [2.75, 3.05) is 0 Å².